The number of hydrogen-bond acceptors (Lipinski definition) is 2. The zero-order valence-electron chi connectivity index (χ0n) is 10.4. The monoisotopic (exact) mass is 375 g/mol. The summed E-state index contributed by atoms with van der Waals surface area (Å²) in [5.74, 6) is -0.433. The number of thiol groups is 1. The molecule has 0 fully saturated rings. The van der Waals surface area contributed by atoms with Gasteiger partial charge in [0.05, 0.1) is 11.1 Å². The Bertz CT molecular complexity index is 671. The zero-order valence-corrected chi connectivity index (χ0v) is 12.9. The van der Waals surface area contributed by atoms with Gasteiger partial charge < -0.3 is 5.32 Å². The molecule has 0 saturated heterocycles. The third kappa shape index (κ3) is 4.01. The first kappa shape index (κ1) is 15.9. The minimum atomic E-state index is -4.40. The second kappa shape index (κ2) is 6.11. The smallest absolute Gasteiger partial charge is 0.322 e. The van der Waals surface area contributed by atoms with Crippen LogP contribution in [0.25, 0.3) is 0 Å². The van der Waals surface area contributed by atoms with Gasteiger partial charge in [0.2, 0.25) is 0 Å². The van der Waals surface area contributed by atoms with E-state index in [0.717, 1.165) is 12.1 Å². The fourth-order valence-electron chi connectivity index (χ4n) is 1.63. The van der Waals surface area contributed by atoms with Crippen molar-refractivity contribution >= 4 is 40.2 Å². The third-order valence-corrected chi connectivity index (χ3v) is 3.63. The van der Waals surface area contributed by atoms with Crippen LogP contribution in [-0.4, -0.2) is 5.91 Å². The van der Waals surface area contributed by atoms with Crippen LogP contribution in [0.2, 0.25) is 0 Å². The summed E-state index contributed by atoms with van der Waals surface area (Å²) in [6.45, 7) is 0. The lowest BCUT2D eigenvalue weighted by Gasteiger charge is -2.10. The molecule has 0 aromatic heterocycles. The first-order valence-electron chi connectivity index (χ1n) is 5.74. The normalized spacial score (nSPS) is 11.3. The molecular formula is C14H9BrF3NOS. The Labute approximate surface area is 132 Å². The van der Waals surface area contributed by atoms with Crippen LogP contribution in [0.5, 0.6) is 0 Å². The first-order valence-corrected chi connectivity index (χ1v) is 6.98. The van der Waals surface area contributed by atoms with E-state index in [2.05, 4.69) is 33.9 Å². The third-order valence-electron chi connectivity index (χ3n) is 2.66. The van der Waals surface area contributed by atoms with Crippen LogP contribution >= 0.6 is 28.6 Å². The molecule has 110 valence electrons. The Morgan fingerprint density at radius 3 is 2.29 bits per heavy atom. The number of halogens is 4. The molecule has 2 aromatic rings. The summed E-state index contributed by atoms with van der Waals surface area (Å²) in [7, 11) is 0. The van der Waals surface area contributed by atoms with Crippen molar-refractivity contribution in [1.29, 1.82) is 0 Å². The summed E-state index contributed by atoms with van der Waals surface area (Å²) in [5.41, 5.74) is -0.133. The molecule has 0 aliphatic carbocycles. The van der Waals surface area contributed by atoms with Gasteiger partial charge in [0.1, 0.15) is 0 Å². The first-order chi connectivity index (χ1) is 9.77. The van der Waals surface area contributed by atoms with E-state index in [1.165, 1.54) is 12.1 Å². The lowest BCUT2D eigenvalue weighted by molar-refractivity contribution is -0.137. The number of nitrogens with one attached hydrogen (secondary N) is 1. The summed E-state index contributed by atoms with van der Waals surface area (Å²) in [6.07, 6.45) is -4.40. The molecule has 0 unspecified atom stereocenters. The van der Waals surface area contributed by atoms with Gasteiger partial charge in [-0.05, 0) is 58.4 Å². The average molecular weight is 376 g/mol. The van der Waals surface area contributed by atoms with Crippen molar-refractivity contribution in [1.82, 2.24) is 0 Å². The van der Waals surface area contributed by atoms with Crippen LogP contribution in [0.15, 0.2) is 51.8 Å². The van der Waals surface area contributed by atoms with E-state index < -0.39 is 17.6 Å². The van der Waals surface area contributed by atoms with Crippen molar-refractivity contribution in [3.63, 3.8) is 0 Å². The highest BCUT2D eigenvalue weighted by Crippen LogP contribution is 2.30. The standard InChI is InChI=1S/C14H9BrF3NOS/c15-12-6-5-10(21)7-11(12)13(20)19-9-3-1-8(2-4-9)14(16,17)18/h1-7,21H,(H,19,20). The Morgan fingerprint density at radius 1 is 1.10 bits per heavy atom. The van der Waals surface area contributed by atoms with Gasteiger partial charge in [-0.15, -0.1) is 12.6 Å². The summed E-state index contributed by atoms with van der Waals surface area (Å²) in [5, 5.41) is 2.53. The number of alkyl halides is 3. The minimum absolute atomic E-state index is 0.282. The van der Waals surface area contributed by atoms with Crippen LogP contribution in [-0.2, 0) is 6.18 Å². The SMILES string of the molecule is O=C(Nc1ccc(C(F)(F)F)cc1)c1cc(S)ccc1Br. The van der Waals surface area contributed by atoms with Crippen molar-refractivity contribution in [3.05, 3.63) is 58.1 Å². The van der Waals surface area contributed by atoms with Crippen LogP contribution in [0, 0.1) is 0 Å². The second-order valence-corrected chi connectivity index (χ2v) is 5.56. The molecule has 1 amide bonds. The van der Waals surface area contributed by atoms with Crippen LogP contribution in [0.1, 0.15) is 15.9 Å². The summed E-state index contributed by atoms with van der Waals surface area (Å²) >= 11 is 7.38. The molecule has 2 nitrogen and oxygen atoms in total. The lowest BCUT2D eigenvalue weighted by atomic mass is 10.2. The molecule has 21 heavy (non-hydrogen) atoms. The molecule has 0 atom stereocenters. The van der Waals surface area contributed by atoms with Gasteiger partial charge in [-0.25, -0.2) is 0 Å². The molecule has 7 heteroatoms. The van der Waals surface area contributed by atoms with Crippen molar-refractivity contribution < 1.29 is 18.0 Å². The maximum Gasteiger partial charge on any atom is 0.416 e. The number of benzene rings is 2. The largest absolute Gasteiger partial charge is 0.416 e. The van der Waals surface area contributed by atoms with Gasteiger partial charge in [0.25, 0.3) is 5.91 Å². The Hall–Kier alpha value is -1.47. The average Bonchev–Trinajstić information content (AvgIpc) is 2.41. The van der Waals surface area contributed by atoms with Gasteiger partial charge in [-0.1, -0.05) is 0 Å². The summed E-state index contributed by atoms with van der Waals surface area (Å²) in [6, 6.07) is 9.19. The molecule has 0 aliphatic rings. The van der Waals surface area contributed by atoms with Crippen molar-refractivity contribution in [2.45, 2.75) is 11.1 Å². The van der Waals surface area contributed by atoms with Gasteiger partial charge in [-0.2, -0.15) is 13.2 Å². The number of anilines is 1. The Morgan fingerprint density at radius 2 is 1.71 bits per heavy atom. The van der Waals surface area contributed by atoms with Gasteiger partial charge in [-0.3, -0.25) is 4.79 Å². The number of rotatable bonds is 2. The number of carbonyl (C=O) groups excluding carboxylic acids is 1. The Kier molecular flexibility index (Phi) is 4.63. The molecule has 0 radical (unpaired) electrons. The molecule has 0 heterocycles. The quantitative estimate of drug-likeness (QED) is 0.709. The highest BCUT2D eigenvalue weighted by atomic mass is 79.9. The van der Waals surface area contributed by atoms with Gasteiger partial charge in [0.15, 0.2) is 0 Å². The summed E-state index contributed by atoms with van der Waals surface area (Å²) < 4.78 is 37.9. The molecule has 1 N–H and O–H groups in total. The number of amides is 1. The van der Waals surface area contributed by atoms with Gasteiger partial charge >= 0.3 is 6.18 Å². The molecule has 2 aromatic carbocycles. The van der Waals surface area contributed by atoms with Crippen molar-refractivity contribution in [2.75, 3.05) is 5.32 Å². The van der Waals surface area contributed by atoms with E-state index in [1.54, 1.807) is 18.2 Å². The van der Waals surface area contributed by atoms with Crippen LogP contribution in [0.4, 0.5) is 18.9 Å². The zero-order chi connectivity index (χ0) is 15.6. The maximum atomic E-state index is 12.4. The van der Waals surface area contributed by atoms with E-state index in [-0.39, 0.29) is 5.69 Å². The van der Waals surface area contributed by atoms with E-state index in [1.807, 2.05) is 0 Å². The molecule has 0 bridgehead atoms. The number of carbonyl (C=O) groups is 1. The molecule has 0 saturated carbocycles. The van der Waals surface area contributed by atoms with E-state index in [4.69, 9.17) is 0 Å². The molecule has 0 aliphatic heterocycles. The molecular weight excluding hydrogens is 367 g/mol. The van der Waals surface area contributed by atoms with Crippen molar-refractivity contribution in [3.8, 4) is 0 Å². The molecule has 2 rings (SSSR count). The fraction of sp³-hybridized carbons (Fsp3) is 0.0714. The second-order valence-electron chi connectivity index (χ2n) is 4.19. The minimum Gasteiger partial charge on any atom is -0.322 e. The highest BCUT2D eigenvalue weighted by Gasteiger charge is 2.30. The van der Waals surface area contributed by atoms with Gasteiger partial charge in [0, 0.05) is 15.1 Å². The van der Waals surface area contributed by atoms with Crippen molar-refractivity contribution in [2.24, 2.45) is 0 Å². The number of hydrogen-bond donors (Lipinski definition) is 2. The maximum absolute atomic E-state index is 12.4. The highest BCUT2D eigenvalue weighted by molar-refractivity contribution is 9.10. The topological polar surface area (TPSA) is 29.1 Å². The lowest BCUT2D eigenvalue weighted by Crippen LogP contribution is -2.13. The predicted octanol–water partition coefficient (Wildman–Crippen LogP) is 5.01. The fourth-order valence-corrected chi connectivity index (χ4v) is 2.26. The van der Waals surface area contributed by atoms with E-state index in [0.29, 0.717) is 14.9 Å². The summed E-state index contributed by atoms with van der Waals surface area (Å²) in [4.78, 5) is 12.7. The van der Waals surface area contributed by atoms with E-state index in [9.17, 15) is 18.0 Å². The van der Waals surface area contributed by atoms with Crippen LogP contribution < -0.4 is 5.32 Å². The van der Waals surface area contributed by atoms with E-state index >= 15 is 0 Å². The Balaban J connectivity index is 2.18. The predicted molar refractivity (Wildman–Crippen MR) is 80.8 cm³/mol. The van der Waals surface area contributed by atoms with Crippen LogP contribution in [0.3, 0.4) is 0 Å². The molecule has 0 spiro atoms.